The Morgan fingerprint density at radius 1 is 1.14 bits per heavy atom. The summed E-state index contributed by atoms with van der Waals surface area (Å²) in [6, 6.07) is 11.3. The van der Waals surface area contributed by atoms with Crippen LogP contribution in [0.2, 0.25) is 5.02 Å². The van der Waals surface area contributed by atoms with Gasteiger partial charge in [-0.1, -0.05) is 28.9 Å². The van der Waals surface area contributed by atoms with E-state index in [0.717, 1.165) is 42.0 Å². The molecule has 1 atom stereocenters. The summed E-state index contributed by atoms with van der Waals surface area (Å²) in [5.41, 5.74) is 2.01. The number of rotatable bonds is 6. The number of fused-ring (bicyclic) bond motifs is 1. The number of benzene rings is 1. The van der Waals surface area contributed by atoms with E-state index in [1.54, 1.807) is 6.26 Å². The Morgan fingerprint density at radius 3 is 2.79 bits per heavy atom. The Kier molecular flexibility index (Phi) is 4.91. The first-order chi connectivity index (χ1) is 14.3. The molecule has 1 aromatic carbocycles. The Labute approximate surface area is 172 Å². The van der Waals surface area contributed by atoms with Crippen LogP contribution in [0.5, 0.6) is 0 Å². The summed E-state index contributed by atoms with van der Waals surface area (Å²) >= 11 is 6.05. The molecule has 0 amide bonds. The second-order valence-corrected chi connectivity index (χ2v) is 7.45. The van der Waals surface area contributed by atoms with E-state index in [4.69, 9.17) is 25.3 Å². The second kappa shape index (κ2) is 7.85. The second-order valence-electron chi connectivity index (χ2n) is 7.01. The van der Waals surface area contributed by atoms with Crippen LogP contribution < -0.4 is 4.90 Å². The molecule has 7 nitrogen and oxygen atoms in total. The molecule has 0 saturated carbocycles. The first-order valence-electron chi connectivity index (χ1n) is 9.53. The molecule has 5 rings (SSSR count). The summed E-state index contributed by atoms with van der Waals surface area (Å²) in [6.07, 6.45) is 5.42. The summed E-state index contributed by atoms with van der Waals surface area (Å²) in [7, 11) is 0. The fraction of sp³-hybridized carbons (Fsp3) is 0.286. The Hall–Kier alpha value is -2.90. The third-order valence-electron chi connectivity index (χ3n) is 5.04. The highest BCUT2D eigenvalue weighted by Gasteiger charge is 2.25. The van der Waals surface area contributed by atoms with Crippen LogP contribution in [0, 0.1) is 0 Å². The maximum atomic E-state index is 6.05. The molecule has 1 fully saturated rings. The normalized spacial score (nSPS) is 16.5. The van der Waals surface area contributed by atoms with E-state index in [2.05, 4.69) is 20.0 Å². The van der Waals surface area contributed by atoms with Crippen LogP contribution in [0.15, 0.2) is 57.9 Å². The fourth-order valence-electron chi connectivity index (χ4n) is 3.67. The van der Waals surface area contributed by atoms with Gasteiger partial charge in [0.25, 0.3) is 5.71 Å². The third-order valence-corrected chi connectivity index (χ3v) is 5.30. The largest absolute Gasteiger partial charge is 0.467 e. The molecule has 1 aliphatic rings. The molecule has 148 valence electrons. The van der Waals surface area contributed by atoms with Gasteiger partial charge in [0.1, 0.15) is 29.0 Å². The van der Waals surface area contributed by atoms with Crippen molar-refractivity contribution < 1.29 is 13.7 Å². The molecular weight excluding hydrogens is 392 g/mol. The lowest BCUT2D eigenvalue weighted by Crippen LogP contribution is -2.32. The van der Waals surface area contributed by atoms with E-state index in [0.29, 0.717) is 29.5 Å². The van der Waals surface area contributed by atoms with Crippen molar-refractivity contribution in [3.8, 4) is 11.3 Å². The molecule has 0 radical (unpaired) electrons. The smallest absolute Gasteiger partial charge is 0.263 e. The van der Waals surface area contributed by atoms with Crippen LogP contribution in [-0.4, -0.2) is 34.4 Å². The Bertz CT molecular complexity index is 1090. The number of nitrogens with zero attached hydrogens (tertiary/aromatic N) is 4. The highest BCUT2D eigenvalue weighted by molar-refractivity contribution is 6.30. The van der Waals surface area contributed by atoms with Gasteiger partial charge in [-0.25, -0.2) is 4.98 Å². The zero-order valence-corrected chi connectivity index (χ0v) is 16.4. The number of halogens is 1. The number of hydrogen-bond donors (Lipinski definition) is 0. The molecule has 3 aromatic heterocycles. The molecular formula is C21H19ClN4O3. The van der Waals surface area contributed by atoms with E-state index in [-0.39, 0.29) is 6.10 Å². The monoisotopic (exact) mass is 410 g/mol. The van der Waals surface area contributed by atoms with Crippen molar-refractivity contribution in [2.45, 2.75) is 25.5 Å². The number of aromatic nitrogens is 3. The predicted octanol–water partition coefficient (Wildman–Crippen LogP) is 4.72. The Balaban J connectivity index is 1.59. The lowest BCUT2D eigenvalue weighted by Gasteiger charge is -2.26. The van der Waals surface area contributed by atoms with Gasteiger partial charge in [-0.3, -0.25) is 0 Å². The predicted molar refractivity (Wildman–Crippen MR) is 109 cm³/mol. The van der Waals surface area contributed by atoms with Crippen molar-refractivity contribution in [2.75, 3.05) is 18.1 Å². The lowest BCUT2D eigenvalue weighted by molar-refractivity contribution is 0.115. The van der Waals surface area contributed by atoms with E-state index in [1.807, 2.05) is 36.4 Å². The van der Waals surface area contributed by atoms with Crippen molar-refractivity contribution in [1.82, 2.24) is 15.1 Å². The zero-order chi connectivity index (χ0) is 19.6. The summed E-state index contributed by atoms with van der Waals surface area (Å²) in [5.74, 6) is 1.59. The quantitative estimate of drug-likeness (QED) is 0.455. The van der Waals surface area contributed by atoms with E-state index in [9.17, 15) is 0 Å². The first-order valence-corrected chi connectivity index (χ1v) is 9.91. The molecule has 0 N–H and O–H groups in total. The van der Waals surface area contributed by atoms with Gasteiger partial charge in [0.05, 0.1) is 18.9 Å². The average molecular weight is 411 g/mol. The molecule has 0 aliphatic carbocycles. The van der Waals surface area contributed by atoms with Crippen LogP contribution in [0.4, 0.5) is 5.82 Å². The molecule has 0 spiro atoms. The van der Waals surface area contributed by atoms with E-state index < -0.39 is 0 Å². The summed E-state index contributed by atoms with van der Waals surface area (Å²) < 4.78 is 17.0. The van der Waals surface area contributed by atoms with Crippen molar-refractivity contribution >= 4 is 28.5 Å². The van der Waals surface area contributed by atoms with Gasteiger partial charge in [0, 0.05) is 23.7 Å². The SMILES string of the molecule is Clc1ccc(-c2noc3ncnc(N(Cc4ccco4)C[C@@H]4CCCO4)c23)cc1. The van der Waals surface area contributed by atoms with Crippen molar-refractivity contribution in [2.24, 2.45) is 0 Å². The first kappa shape index (κ1) is 18.1. The maximum Gasteiger partial charge on any atom is 0.263 e. The van der Waals surface area contributed by atoms with E-state index >= 15 is 0 Å². The van der Waals surface area contributed by atoms with Gasteiger partial charge in [-0.2, -0.15) is 4.98 Å². The number of anilines is 1. The molecule has 4 heterocycles. The average Bonchev–Trinajstić information content (AvgIpc) is 3.50. The summed E-state index contributed by atoms with van der Waals surface area (Å²) in [5, 5.41) is 5.69. The van der Waals surface area contributed by atoms with Gasteiger partial charge in [-0.05, 0) is 37.1 Å². The van der Waals surface area contributed by atoms with Gasteiger partial charge >= 0.3 is 0 Å². The topological polar surface area (TPSA) is 77.4 Å². The van der Waals surface area contributed by atoms with Gasteiger partial charge in [0.15, 0.2) is 0 Å². The summed E-state index contributed by atoms with van der Waals surface area (Å²) in [4.78, 5) is 11.0. The van der Waals surface area contributed by atoms with Crippen LogP contribution >= 0.6 is 11.6 Å². The maximum absolute atomic E-state index is 6.05. The molecule has 1 saturated heterocycles. The molecule has 29 heavy (non-hydrogen) atoms. The molecule has 8 heteroatoms. The Morgan fingerprint density at radius 2 is 2.03 bits per heavy atom. The van der Waals surface area contributed by atoms with Crippen LogP contribution in [-0.2, 0) is 11.3 Å². The highest BCUT2D eigenvalue weighted by Crippen LogP contribution is 2.34. The summed E-state index contributed by atoms with van der Waals surface area (Å²) in [6.45, 7) is 2.05. The minimum atomic E-state index is 0.147. The standard InChI is InChI=1S/C21H19ClN4O3/c22-15-7-5-14(6-8-15)19-18-20(23-13-24-21(18)29-25-19)26(11-16-3-1-9-27-16)12-17-4-2-10-28-17/h1,3,5-9,13,17H,2,4,10-12H2/t17-/m0/s1. The molecule has 4 aromatic rings. The minimum Gasteiger partial charge on any atom is -0.467 e. The van der Waals surface area contributed by atoms with Crippen LogP contribution in [0.25, 0.3) is 22.4 Å². The van der Waals surface area contributed by atoms with Crippen molar-refractivity contribution in [3.05, 3.63) is 59.8 Å². The van der Waals surface area contributed by atoms with E-state index in [1.165, 1.54) is 6.33 Å². The molecule has 0 unspecified atom stereocenters. The number of hydrogen-bond acceptors (Lipinski definition) is 7. The minimum absolute atomic E-state index is 0.147. The lowest BCUT2D eigenvalue weighted by atomic mass is 10.1. The van der Waals surface area contributed by atoms with Gasteiger partial charge in [-0.15, -0.1) is 0 Å². The fourth-order valence-corrected chi connectivity index (χ4v) is 3.79. The van der Waals surface area contributed by atoms with Gasteiger partial charge in [0.2, 0.25) is 0 Å². The van der Waals surface area contributed by atoms with Gasteiger partial charge < -0.3 is 18.6 Å². The zero-order valence-electron chi connectivity index (χ0n) is 15.6. The number of ether oxygens (including phenoxy) is 1. The third kappa shape index (κ3) is 3.71. The highest BCUT2D eigenvalue weighted by atomic mass is 35.5. The van der Waals surface area contributed by atoms with Crippen LogP contribution in [0.1, 0.15) is 18.6 Å². The molecule has 1 aliphatic heterocycles. The van der Waals surface area contributed by atoms with Crippen molar-refractivity contribution in [1.29, 1.82) is 0 Å². The van der Waals surface area contributed by atoms with Crippen LogP contribution in [0.3, 0.4) is 0 Å². The van der Waals surface area contributed by atoms with Crippen molar-refractivity contribution in [3.63, 3.8) is 0 Å². The number of furan rings is 1. The molecule has 0 bridgehead atoms.